The quantitative estimate of drug-likeness (QED) is 0.629. The molecule has 0 fully saturated rings. The third kappa shape index (κ3) is 3.79. The first-order valence-electron chi connectivity index (χ1n) is 7.21. The predicted octanol–water partition coefficient (Wildman–Crippen LogP) is 2.15. The van der Waals surface area contributed by atoms with Gasteiger partial charge in [-0.25, -0.2) is 4.98 Å². The zero-order valence-electron chi connectivity index (χ0n) is 12.9. The van der Waals surface area contributed by atoms with E-state index in [0.717, 1.165) is 11.3 Å². The van der Waals surface area contributed by atoms with E-state index in [1.54, 1.807) is 35.5 Å². The molecule has 3 rings (SSSR count). The summed E-state index contributed by atoms with van der Waals surface area (Å²) in [5, 5.41) is 20.2. The van der Waals surface area contributed by atoms with E-state index in [1.807, 2.05) is 13.1 Å². The fourth-order valence-corrected chi connectivity index (χ4v) is 2.27. The molecule has 3 aromatic rings. The molecular weight excluding hydrogens is 330 g/mol. The van der Waals surface area contributed by atoms with E-state index in [4.69, 9.17) is 11.6 Å². The summed E-state index contributed by atoms with van der Waals surface area (Å²) in [6.45, 7) is -0.128. The number of aliphatic hydroxyl groups excluding tert-OH is 1. The molecule has 0 aliphatic heterocycles. The number of halogens is 1. The fourth-order valence-electron chi connectivity index (χ4n) is 2.12. The lowest BCUT2D eigenvalue weighted by atomic mass is 10.1. The van der Waals surface area contributed by atoms with Gasteiger partial charge in [-0.15, -0.1) is 0 Å². The third-order valence-corrected chi connectivity index (χ3v) is 3.56. The van der Waals surface area contributed by atoms with Crippen LogP contribution in [0.3, 0.4) is 0 Å². The zero-order chi connectivity index (χ0) is 16.9. The van der Waals surface area contributed by atoms with Gasteiger partial charge in [-0.2, -0.15) is 10.1 Å². The molecule has 3 N–H and O–H groups in total. The highest BCUT2D eigenvalue weighted by Crippen LogP contribution is 2.25. The summed E-state index contributed by atoms with van der Waals surface area (Å²) >= 11 is 6.16. The van der Waals surface area contributed by atoms with E-state index < -0.39 is 0 Å². The van der Waals surface area contributed by atoms with Gasteiger partial charge in [0.05, 0.1) is 30.7 Å². The molecule has 3 heterocycles. The van der Waals surface area contributed by atoms with Gasteiger partial charge in [-0.1, -0.05) is 17.7 Å². The first kappa shape index (κ1) is 16.2. The molecule has 0 aliphatic rings. The maximum Gasteiger partial charge on any atom is 0.229 e. The fraction of sp³-hybridized carbons (Fsp3) is 0.200. The zero-order valence-corrected chi connectivity index (χ0v) is 13.6. The van der Waals surface area contributed by atoms with Crippen molar-refractivity contribution in [2.75, 3.05) is 17.2 Å². The highest BCUT2D eigenvalue weighted by Gasteiger charge is 2.14. The van der Waals surface area contributed by atoms with Crippen LogP contribution in [-0.4, -0.2) is 36.4 Å². The summed E-state index contributed by atoms with van der Waals surface area (Å²) in [5.41, 5.74) is 1.59. The normalized spacial score (nSPS) is 12.0. The lowest BCUT2D eigenvalue weighted by Gasteiger charge is -2.18. The number of rotatable bonds is 6. The minimum absolute atomic E-state index is 0.128. The van der Waals surface area contributed by atoms with E-state index >= 15 is 0 Å². The molecule has 1 atom stereocenters. The molecule has 0 spiro atoms. The maximum atomic E-state index is 9.64. The molecule has 0 amide bonds. The summed E-state index contributed by atoms with van der Waals surface area (Å²) in [4.78, 5) is 12.6. The molecule has 0 saturated heterocycles. The van der Waals surface area contributed by atoms with Crippen molar-refractivity contribution in [2.45, 2.75) is 6.04 Å². The summed E-state index contributed by atoms with van der Waals surface area (Å²) in [6, 6.07) is 3.29. The molecule has 8 nitrogen and oxygen atoms in total. The van der Waals surface area contributed by atoms with E-state index in [2.05, 4.69) is 30.7 Å². The SMILES string of the molecule is Cn1cc(Nc2ncc(Cl)c(NC(CO)c3cccnc3)n2)cn1. The van der Waals surface area contributed by atoms with Crippen LogP contribution in [0.15, 0.2) is 43.1 Å². The molecule has 0 aliphatic carbocycles. The molecule has 0 aromatic carbocycles. The molecule has 3 aromatic heterocycles. The minimum Gasteiger partial charge on any atom is -0.394 e. The van der Waals surface area contributed by atoms with Crippen LogP contribution in [0.2, 0.25) is 5.02 Å². The predicted molar refractivity (Wildman–Crippen MR) is 91.2 cm³/mol. The number of pyridine rings is 1. The van der Waals surface area contributed by atoms with Crippen molar-refractivity contribution in [1.29, 1.82) is 0 Å². The Hall–Kier alpha value is -2.71. The van der Waals surface area contributed by atoms with Crippen molar-refractivity contribution in [3.63, 3.8) is 0 Å². The van der Waals surface area contributed by atoms with Crippen LogP contribution in [0, 0.1) is 0 Å². The van der Waals surface area contributed by atoms with Crippen molar-refractivity contribution in [3.05, 3.63) is 53.7 Å². The second-order valence-electron chi connectivity index (χ2n) is 5.08. The Labute approximate surface area is 143 Å². The Morgan fingerprint density at radius 1 is 1.33 bits per heavy atom. The Kier molecular flexibility index (Phi) is 4.88. The number of nitrogens with zero attached hydrogens (tertiary/aromatic N) is 5. The highest BCUT2D eigenvalue weighted by molar-refractivity contribution is 6.32. The average Bonchev–Trinajstić information content (AvgIpc) is 3.01. The molecule has 0 radical (unpaired) electrons. The smallest absolute Gasteiger partial charge is 0.229 e. The Morgan fingerprint density at radius 2 is 2.21 bits per heavy atom. The van der Waals surface area contributed by atoms with Gasteiger partial charge in [0.1, 0.15) is 5.02 Å². The van der Waals surface area contributed by atoms with Gasteiger partial charge >= 0.3 is 0 Å². The number of nitrogens with one attached hydrogen (secondary N) is 2. The first-order chi connectivity index (χ1) is 11.7. The Morgan fingerprint density at radius 3 is 2.88 bits per heavy atom. The van der Waals surface area contributed by atoms with Crippen LogP contribution < -0.4 is 10.6 Å². The summed E-state index contributed by atoms with van der Waals surface area (Å²) < 4.78 is 1.67. The van der Waals surface area contributed by atoms with Gasteiger partial charge < -0.3 is 15.7 Å². The minimum atomic E-state index is -0.377. The van der Waals surface area contributed by atoms with Crippen molar-refractivity contribution in [3.8, 4) is 0 Å². The largest absolute Gasteiger partial charge is 0.394 e. The van der Waals surface area contributed by atoms with Crippen LogP contribution in [0.25, 0.3) is 0 Å². The maximum absolute atomic E-state index is 9.64. The standard InChI is InChI=1S/C15H16ClN7O/c1-23-8-11(6-19-23)20-15-18-7-12(16)14(22-15)21-13(9-24)10-3-2-4-17-5-10/h2-8,13,24H,9H2,1H3,(H2,18,20,21,22). The number of hydrogen-bond acceptors (Lipinski definition) is 7. The summed E-state index contributed by atoms with van der Waals surface area (Å²) in [6.07, 6.45) is 8.31. The lowest BCUT2D eigenvalue weighted by molar-refractivity contribution is 0.276. The average molecular weight is 346 g/mol. The van der Waals surface area contributed by atoms with Crippen LogP contribution in [-0.2, 0) is 7.05 Å². The molecule has 1 unspecified atom stereocenters. The number of aryl methyl sites for hydroxylation is 1. The topological polar surface area (TPSA) is 101 Å². The third-order valence-electron chi connectivity index (χ3n) is 3.29. The molecule has 24 heavy (non-hydrogen) atoms. The molecule has 0 saturated carbocycles. The molecule has 0 bridgehead atoms. The van der Waals surface area contributed by atoms with Gasteiger partial charge in [-0.3, -0.25) is 9.67 Å². The van der Waals surface area contributed by atoms with Gasteiger partial charge in [0.15, 0.2) is 5.82 Å². The van der Waals surface area contributed by atoms with Crippen molar-refractivity contribution in [2.24, 2.45) is 7.05 Å². The lowest BCUT2D eigenvalue weighted by Crippen LogP contribution is -2.16. The number of anilines is 3. The summed E-state index contributed by atoms with van der Waals surface area (Å²) in [7, 11) is 1.82. The van der Waals surface area contributed by atoms with Crippen LogP contribution in [0.1, 0.15) is 11.6 Å². The van der Waals surface area contributed by atoms with Gasteiger partial charge in [0.2, 0.25) is 5.95 Å². The number of aliphatic hydroxyl groups is 1. The van der Waals surface area contributed by atoms with Crippen molar-refractivity contribution < 1.29 is 5.11 Å². The molecular formula is C15H16ClN7O. The van der Waals surface area contributed by atoms with E-state index in [1.165, 1.54) is 6.20 Å². The van der Waals surface area contributed by atoms with E-state index in [9.17, 15) is 5.11 Å². The first-order valence-corrected chi connectivity index (χ1v) is 7.59. The van der Waals surface area contributed by atoms with E-state index in [-0.39, 0.29) is 12.6 Å². The number of hydrogen-bond donors (Lipinski definition) is 3. The monoisotopic (exact) mass is 345 g/mol. The molecule has 124 valence electrons. The Balaban J connectivity index is 1.80. The highest BCUT2D eigenvalue weighted by atomic mass is 35.5. The van der Waals surface area contributed by atoms with E-state index in [0.29, 0.717) is 16.8 Å². The Bertz CT molecular complexity index is 809. The van der Waals surface area contributed by atoms with Gasteiger partial charge in [-0.05, 0) is 11.6 Å². The number of aromatic nitrogens is 5. The van der Waals surface area contributed by atoms with Crippen molar-refractivity contribution in [1.82, 2.24) is 24.7 Å². The van der Waals surface area contributed by atoms with Crippen LogP contribution in [0.5, 0.6) is 0 Å². The summed E-state index contributed by atoms with van der Waals surface area (Å²) in [5.74, 6) is 0.790. The molecule has 9 heteroatoms. The van der Waals surface area contributed by atoms with Gasteiger partial charge in [0.25, 0.3) is 0 Å². The van der Waals surface area contributed by atoms with Crippen molar-refractivity contribution >= 4 is 29.1 Å². The van der Waals surface area contributed by atoms with Crippen LogP contribution >= 0.6 is 11.6 Å². The van der Waals surface area contributed by atoms with Crippen LogP contribution in [0.4, 0.5) is 17.5 Å². The second kappa shape index (κ2) is 7.24. The van der Waals surface area contributed by atoms with Gasteiger partial charge in [0, 0.05) is 25.6 Å². The second-order valence-corrected chi connectivity index (χ2v) is 5.49.